The van der Waals surface area contributed by atoms with Crippen molar-refractivity contribution in [2.24, 2.45) is 0 Å². The van der Waals surface area contributed by atoms with Crippen molar-refractivity contribution in [1.82, 2.24) is 15.6 Å². The van der Waals surface area contributed by atoms with Gasteiger partial charge in [0.25, 0.3) is 5.91 Å². The summed E-state index contributed by atoms with van der Waals surface area (Å²) in [6, 6.07) is 17.2. The summed E-state index contributed by atoms with van der Waals surface area (Å²) in [5.74, 6) is 0.176. The Labute approximate surface area is 180 Å². The average Bonchev–Trinajstić information content (AvgIpc) is 3.19. The van der Waals surface area contributed by atoms with Crippen LogP contribution in [-0.2, 0) is 4.79 Å². The third-order valence-corrected chi connectivity index (χ3v) is 6.86. The fraction of sp³-hybridized carbons (Fsp3) is 0.348. The third kappa shape index (κ3) is 4.52. The van der Waals surface area contributed by atoms with Crippen LogP contribution < -0.4 is 15.5 Å². The fourth-order valence-electron chi connectivity index (χ4n) is 4.20. The number of likely N-dealkylation sites (tertiary alicyclic amines) is 1. The van der Waals surface area contributed by atoms with Crippen molar-refractivity contribution in [3.05, 3.63) is 65.2 Å². The maximum absolute atomic E-state index is 13.0. The molecule has 30 heavy (non-hydrogen) atoms. The number of para-hydroxylation sites is 1. The number of carbonyl (C=O) groups excluding carboxylic acids is 2. The van der Waals surface area contributed by atoms with Gasteiger partial charge in [0.2, 0.25) is 0 Å². The number of amides is 3. The van der Waals surface area contributed by atoms with Gasteiger partial charge in [-0.25, -0.2) is 9.78 Å². The lowest BCUT2D eigenvalue weighted by atomic mass is 9.94. The van der Waals surface area contributed by atoms with Crippen LogP contribution in [0.4, 0.5) is 4.79 Å². The second-order valence-electron chi connectivity index (χ2n) is 7.64. The van der Waals surface area contributed by atoms with Crippen LogP contribution in [0.25, 0.3) is 10.2 Å². The number of quaternary nitrogens is 1. The molecule has 1 aromatic heterocycles. The van der Waals surface area contributed by atoms with E-state index in [0.717, 1.165) is 37.0 Å². The molecule has 3 aromatic rings. The summed E-state index contributed by atoms with van der Waals surface area (Å²) >= 11 is 1.78. The van der Waals surface area contributed by atoms with E-state index in [1.165, 1.54) is 14.6 Å². The minimum Gasteiger partial charge on any atom is -0.338 e. The Kier molecular flexibility index (Phi) is 6.40. The lowest BCUT2D eigenvalue weighted by Gasteiger charge is -2.33. The van der Waals surface area contributed by atoms with Gasteiger partial charge in [0.15, 0.2) is 6.04 Å². The average molecular weight is 424 g/mol. The van der Waals surface area contributed by atoms with Gasteiger partial charge in [-0.15, -0.1) is 11.3 Å². The maximum Gasteiger partial charge on any atom is 0.321 e. The zero-order chi connectivity index (χ0) is 20.9. The maximum atomic E-state index is 13.0. The highest BCUT2D eigenvalue weighted by Crippen LogP contribution is 2.32. The highest BCUT2D eigenvalue weighted by Gasteiger charge is 2.36. The van der Waals surface area contributed by atoms with E-state index in [0.29, 0.717) is 12.5 Å². The van der Waals surface area contributed by atoms with Gasteiger partial charge in [-0.3, -0.25) is 10.1 Å². The van der Waals surface area contributed by atoms with Crippen molar-refractivity contribution in [1.29, 1.82) is 0 Å². The quantitative estimate of drug-likeness (QED) is 0.591. The van der Waals surface area contributed by atoms with Crippen molar-refractivity contribution >= 4 is 33.5 Å². The normalized spacial score (nSPS) is 19.9. The molecule has 3 amide bonds. The lowest BCUT2D eigenvalue weighted by Crippen LogP contribution is -3.14. The highest BCUT2D eigenvalue weighted by atomic mass is 32.1. The molecule has 3 N–H and O–H groups in total. The van der Waals surface area contributed by atoms with Gasteiger partial charge in [0, 0.05) is 30.9 Å². The SMILES string of the molecule is CCNC(=O)NC(=O)[C@H](c1ccccc1)[NH+]1CCC(c2nc3ccccc3s2)CC1. The Morgan fingerprint density at radius 2 is 1.80 bits per heavy atom. The number of fused-ring (bicyclic) bond motifs is 1. The van der Waals surface area contributed by atoms with Crippen LogP contribution in [0, 0.1) is 0 Å². The molecule has 1 aliphatic heterocycles. The van der Waals surface area contributed by atoms with Crippen LogP contribution in [0.15, 0.2) is 54.6 Å². The van der Waals surface area contributed by atoms with Gasteiger partial charge >= 0.3 is 6.03 Å². The minimum atomic E-state index is -0.438. The lowest BCUT2D eigenvalue weighted by molar-refractivity contribution is -0.927. The molecule has 0 saturated carbocycles. The van der Waals surface area contributed by atoms with Gasteiger partial charge in [0.05, 0.1) is 28.3 Å². The third-order valence-electron chi connectivity index (χ3n) is 5.66. The molecular weight excluding hydrogens is 396 g/mol. The number of nitrogens with zero attached hydrogens (tertiary/aromatic N) is 1. The van der Waals surface area contributed by atoms with E-state index >= 15 is 0 Å². The predicted molar refractivity (Wildman–Crippen MR) is 119 cm³/mol. The van der Waals surface area contributed by atoms with Crippen LogP contribution in [0.5, 0.6) is 0 Å². The molecule has 2 aromatic carbocycles. The first kappa shape index (κ1) is 20.5. The number of benzene rings is 2. The summed E-state index contributed by atoms with van der Waals surface area (Å²) in [5, 5.41) is 6.35. The molecule has 7 heteroatoms. The van der Waals surface area contributed by atoms with E-state index in [1.54, 1.807) is 11.3 Å². The van der Waals surface area contributed by atoms with E-state index in [9.17, 15) is 9.59 Å². The van der Waals surface area contributed by atoms with Crippen LogP contribution in [0.2, 0.25) is 0 Å². The number of thiazole rings is 1. The summed E-state index contributed by atoms with van der Waals surface area (Å²) < 4.78 is 1.23. The Morgan fingerprint density at radius 3 is 2.50 bits per heavy atom. The fourth-order valence-corrected chi connectivity index (χ4v) is 5.33. The van der Waals surface area contributed by atoms with Crippen molar-refractivity contribution in [3.63, 3.8) is 0 Å². The monoisotopic (exact) mass is 423 g/mol. The van der Waals surface area contributed by atoms with Crippen LogP contribution >= 0.6 is 11.3 Å². The molecule has 4 rings (SSSR count). The molecule has 1 fully saturated rings. The number of imide groups is 1. The summed E-state index contributed by atoms with van der Waals surface area (Å²) in [4.78, 5) is 31.0. The first-order valence-corrected chi connectivity index (χ1v) is 11.3. The topological polar surface area (TPSA) is 75.5 Å². The van der Waals surface area contributed by atoms with Crippen LogP contribution in [-0.4, -0.2) is 36.6 Å². The number of rotatable bonds is 5. The molecule has 0 unspecified atom stereocenters. The summed E-state index contributed by atoms with van der Waals surface area (Å²) in [6.07, 6.45) is 1.96. The van der Waals surface area contributed by atoms with E-state index in [-0.39, 0.29) is 5.91 Å². The zero-order valence-electron chi connectivity index (χ0n) is 17.1. The van der Waals surface area contributed by atoms with Crippen molar-refractivity contribution in [3.8, 4) is 0 Å². The van der Waals surface area contributed by atoms with Crippen molar-refractivity contribution in [2.45, 2.75) is 31.7 Å². The molecule has 6 nitrogen and oxygen atoms in total. The van der Waals surface area contributed by atoms with E-state index in [2.05, 4.69) is 28.8 Å². The number of piperidine rings is 1. The van der Waals surface area contributed by atoms with Crippen LogP contribution in [0.1, 0.15) is 42.3 Å². The minimum absolute atomic E-state index is 0.249. The molecule has 1 aliphatic rings. The number of carbonyl (C=O) groups is 2. The predicted octanol–water partition coefficient (Wildman–Crippen LogP) is 2.65. The Morgan fingerprint density at radius 1 is 1.10 bits per heavy atom. The molecule has 0 spiro atoms. The molecule has 0 aliphatic carbocycles. The Balaban J connectivity index is 1.48. The zero-order valence-corrected chi connectivity index (χ0v) is 17.9. The first-order valence-electron chi connectivity index (χ1n) is 10.5. The number of urea groups is 1. The van der Waals surface area contributed by atoms with Crippen LogP contribution in [0.3, 0.4) is 0 Å². The van der Waals surface area contributed by atoms with Gasteiger partial charge in [-0.05, 0) is 19.1 Å². The largest absolute Gasteiger partial charge is 0.338 e. The molecule has 0 radical (unpaired) electrons. The van der Waals surface area contributed by atoms with E-state index < -0.39 is 12.1 Å². The molecule has 156 valence electrons. The second-order valence-corrected chi connectivity index (χ2v) is 8.71. The molecule has 1 saturated heterocycles. The molecule has 0 bridgehead atoms. The number of nitrogens with one attached hydrogen (secondary N) is 3. The van der Waals surface area contributed by atoms with E-state index in [1.807, 2.05) is 43.3 Å². The van der Waals surface area contributed by atoms with Gasteiger partial charge in [-0.2, -0.15) is 0 Å². The smallest absolute Gasteiger partial charge is 0.321 e. The Bertz CT molecular complexity index is 979. The summed E-state index contributed by atoms with van der Waals surface area (Å²) in [7, 11) is 0. The van der Waals surface area contributed by atoms with Crippen molar-refractivity contribution in [2.75, 3.05) is 19.6 Å². The molecular formula is C23H27N4O2S+. The highest BCUT2D eigenvalue weighted by molar-refractivity contribution is 7.18. The number of hydrogen-bond acceptors (Lipinski definition) is 4. The Hall–Kier alpha value is -2.77. The van der Waals surface area contributed by atoms with Gasteiger partial charge in [-0.1, -0.05) is 42.5 Å². The molecule has 2 heterocycles. The summed E-state index contributed by atoms with van der Waals surface area (Å²) in [5.41, 5.74) is 2.00. The number of hydrogen-bond donors (Lipinski definition) is 3. The standard InChI is InChI=1S/C23H26N4O2S/c1-2-24-23(29)26-21(28)20(16-8-4-3-5-9-16)27-14-12-17(13-15-27)22-25-18-10-6-7-11-19(18)30-22/h3-11,17,20H,2,12-15H2,1H3,(H2,24,26,28,29)/p+1/t20-/m0/s1. The molecule has 1 atom stereocenters. The van der Waals surface area contributed by atoms with Crippen molar-refractivity contribution < 1.29 is 14.5 Å². The van der Waals surface area contributed by atoms with Gasteiger partial charge in [0.1, 0.15) is 0 Å². The second kappa shape index (κ2) is 9.36. The first-order chi connectivity index (χ1) is 14.7. The number of aromatic nitrogens is 1. The van der Waals surface area contributed by atoms with Gasteiger partial charge < -0.3 is 10.2 Å². The summed E-state index contributed by atoms with van der Waals surface area (Å²) in [6.45, 7) is 4.04. The van der Waals surface area contributed by atoms with E-state index in [4.69, 9.17) is 4.98 Å².